The fourth-order valence-corrected chi connectivity index (χ4v) is 2.23. The number of hydrogen-bond donors (Lipinski definition) is 1. The highest BCUT2D eigenvalue weighted by Gasteiger charge is 2.34. The lowest BCUT2D eigenvalue weighted by molar-refractivity contribution is -0.139. The third-order valence-electron chi connectivity index (χ3n) is 3.02. The van der Waals surface area contributed by atoms with Crippen LogP contribution in [0.3, 0.4) is 0 Å². The van der Waals surface area contributed by atoms with Gasteiger partial charge >= 0.3 is 12.0 Å². The van der Waals surface area contributed by atoms with Gasteiger partial charge in [-0.3, -0.25) is 4.79 Å². The maximum atomic E-state index is 12.5. The molecule has 0 aromatic heterocycles. The standard InChI is InChI=1S/C13H24N2O4/c1-9-6-14(7-10(2)19-9)12(18)15(8-11(16)17)13(3,4)5/h9-10H,6-8H2,1-5H3,(H,16,17). The van der Waals surface area contributed by atoms with Gasteiger partial charge in [0.25, 0.3) is 0 Å². The molecule has 1 rings (SSSR count). The highest BCUT2D eigenvalue weighted by molar-refractivity contribution is 5.81. The number of amides is 2. The van der Waals surface area contributed by atoms with Crippen molar-refractivity contribution in [1.82, 2.24) is 9.80 Å². The predicted octanol–water partition coefficient (Wildman–Crippen LogP) is 1.40. The van der Waals surface area contributed by atoms with Crippen LogP contribution in [0.1, 0.15) is 34.6 Å². The van der Waals surface area contributed by atoms with Crippen LogP contribution in [-0.4, -0.2) is 64.3 Å². The first-order valence-electron chi connectivity index (χ1n) is 6.55. The van der Waals surface area contributed by atoms with Crippen molar-refractivity contribution in [2.24, 2.45) is 0 Å². The molecule has 1 saturated heterocycles. The number of aliphatic carboxylic acids is 1. The number of rotatable bonds is 2. The lowest BCUT2D eigenvalue weighted by Gasteiger charge is -2.42. The number of ether oxygens (including phenoxy) is 1. The quantitative estimate of drug-likeness (QED) is 0.825. The van der Waals surface area contributed by atoms with Crippen LogP contribution >= 0.6 is 0 Å². The second-order valence-electron chi connectivity index (χ2n) is 6.10. The van der Waals surface area contributed by atoms with E-state index in [0.717, 1.165) is 0 Å². The number of carboxylic acid groups (broad SMARTS) is 1. The van der Waals surface area contributed by atoms with Crippen LogP contribution in [0.25, 0.3) is 0 Å². The minimum atomic E-state index is -1.00. The van der Waals surface area contributed by atoms with Crippen LogP contribution in [-0.2, 0) is 9.53 Å². The van der Waals surface area contributed by atoms with E-state index in [4.69, 9.17) is 9.84 Å². The predicted molar refractivity (Wildman–Crippen MR) is 71.1 cm³/mol. The van der Waals surface area contributed by atoms with E-state index in [0.29, 0.717) is 13.1 Å². The lowest BCUT2D eigenvalue weighted by atomic mass is 10.1. The molecule has 0 spiro atoms. The molecule has 6 heteroatoms. The lowest BCUT2D eigenvalue weighted by Crippen LogP contribution is -2.58. The summed E-state index contributed by atoms with van der Waals surface area (Å²) in [6, 6.07) is -0.239. The van der Waals surface area contributed by atoms with Crippen LogP contribution in [0.2, 0.25) is 0 Å². The van der Waals surface area contributed by atoms with Crippen molar-refractivity contribution >= 4 is 12.0 Å². The molecule has 2 atom stereocenters. The number of hydrogen-bond acceptors (Lipinski definition) is 3. The maximum absolute atomic E-state index is 12.5. The largest absolute Gasteiger partial charge is 0.480 e. The summed E-state index contributed by atoms with van der Waals surface area (Å²) in [5.41, 5.74) is -0.528. The van der Waals surface area contributed by atoms with Crippen LogP contribution in [0, 0.1) is 0 Å². The molecular weight excluding hydrogens is 248 g/mol. The van der Waals surface area contributed by atoms with Gasteiger partial charge in [-0.15, -0.1) is 0 Å². The van der Waals surface area contributed by atoms with Crippen LogP contribution in [0.4, 0.5) is 4.79 Å². The van der Waals surface area contributed by atoms with Gasteiger partial charge in [-0.25, -0.2) is 4.79 Å². The monoisotopic (exact) mass is 272 g/mol. The molecule has 110 valence electrons. The summed E-state index contributed by atoms with van der Waals surface area (Å²) in [6.45, 7) is 10.0. The SMILES string of the molecule is CC1CN(C(=O)N(CC(=O)O)C(C)(C)C)CC(C)O1. The molecular formula is C13H24N2O4. The normalized spacial score (nSPS) is 24.2. The van der Waals surface area contributed by atoms with Crippen molar-refractivity contribution in [3.05, 3.63) is 0 Å². The topological polar surface area (TPSA) is 70.1 Å². The van der Waals surface area contributed by atoms with Crippen molar-refractivity contribution in [1.29, 1.82) is 0 Å². The summed E-state index contributed by atoms with van der Waals surface area (Å²) in [5.74, 6) is -1.00. The van der Waals surface area contributed by atoms with Crippen LogP contribution in [0.5, 0.6) is 0 Å². The number of nitrogens with zero attached hydrogens (tertiary/aromatic N) is 2. The third-order valence-corrected chi connectivity index (χ3v) is 3.02. The van der Waals surface area contributed by atoms with Gasteiger partial charge in [0.05, 0.1) is 12.2 Å². The van der Waals surface area contributed by atoms with Gasteiger partial charge < -0.3 is 19.6 Å². The van der Waals surface area contributed by atoms with Crippen LogP contribution < -0.4 is 0 Å². The summed E-state index contributed by atoms with van der Waals surface area (Å²) >= 11 is 0. The van der Waals surface area contributed by atoms with E-state index in [2.05, 4.69) is 0 Å². The molecule has 0 radical (unpaired) electrons. The van der Waals surface area contributed by atoms with Gasteiger partial charge in [-0.1, -0.05) is 0 Å². The summed E-state index contributed by atoms with van der Waals surface area (Å²) in [7, 11) is 0. The summed E-state index contributed by atoms with van der Waals surface area (Å²) in [5, 5.41) is 8.96. The van der Waals surface area contributed by atoms with Crippen molar-refractivity contribution in [2.75, 3.05) is 19.6 Å². The molecule has 1 fully saturated rings. The van der Waals surface area contributed by atoms with Crippen molar-refractivity contribution in [3.63, 3.8) is 0 Å². The minimum absolute atomic E-state index is 0.0284. The average Bonchev–Trinajstić information content (AvgIpc) is 2.21. The van der Waals surface area contributed by atoms with Gasteiger partial charge in [0.15, 0.2) is 0 Å². The van der Waals surface area contributed by atoms with E-state index >= 15 is 0 Å². The Bertz CT molecular complexity index is 341. The molecule has 2 unspecified atom stereocenters. The Balaban J connectivity index is 2.84. The first-order valence-corrected chi connectivity index (χ1v) is 6.55. The van der Waals surface area contributed by atoms with Crippen molar-refractivity contribution < 1.29 is 19.4 Å². The average molecular weight is 272 g/mol. The zero-order chi connectivity index (χ0) is 14.8. The number of carbonyl (C=O) groups excluding carboxylic acids is 1. The number of morpholine rings is 1. The smallest absolute Gasteiger partial charge is 0.323 e. The Morgan fingerprint density at radius 2 is 1.74 bits per heavy atom. The van der Waals surface area contributed by atoms with E-state index < -0.39 is 11.5 Å². The van der Waals surface area contributed by atoms with Crippen LogP contribution in [0.15, 0.2) is 0 Å². The second kappa shape index (κ2) is 5.77. The Morgan fingerprint density at radius 1 is 1.26 bits per heavy atom. The van der Waals surface area contributed by atoms with E-state index in [1.54, 1.807) is 4.90 Å². The highest BCUT2D eigenvalue weighted by Crippen LogP contribution is 2.19. The minimum Gasteiger partial charge on any atom is -0.480 e. The molecule has 1 aliphatic rings. The molecule has 1 N–H and O–H groups in total. The Hall–Kier alpha value is -1.30. The third kappa shape index (κ3) is 4.38. The zero-order valence-electron chi connectivity index (χ0n) is 12.3. The first-order chi connectivity index (χ1) is 8.61. The molecule has 0 bridgehead atoms. The first kappa shape index (κ1) is 15.8. The van der Waals surface area contributed by atoms with Crippen molar-refractivity contribution in [2.45, 2.75) is 52.4 Å². The molecule has 1 heterocycles. The highest BCUT2D eigenvalue weighted by atomic mass is 16.5. The summed E-state index contributed by atoms with van der Waals surface area (Å²) < 4.78 is 5.58. The van der Waals surface area contributed by atoms with Gasteiger partial charge in [-0.2, -0.15) is 0 Å². The van der Waals surface area contributed by atoms with E-state index in [-0.39, 0.29) is 24.8 Å². The van der Waals surface area contributed by atoms with E-state index in [1.165, 1.54) is 4.90 Å². The molecule has 0 aliphatic carbocycles. The number of carboxylic acids is 1. The Kier molecular flexibility index (Phi) is 4.79. The molecule has 6 nitrogen and oxygen atoms in total. The van der Waals surface area contributed by atoms with Crippen molar-refractivity contribution in [3.8, 4) is 0 Å². The zero-order valence-corrected chi connectivity index (χ0v) is 12.3. The van der Waals surface area contributed by atoms with Gasteiger partial charge in [0.1, 0.15) is 6.54 Å². The summed E-state index contributed by atoms with van der Waals surface area (Å²) in [4.78, 5) is 26.5. The maximum Gasteiger partial charge on any atom is 0.323 e. The number of urea groups is 1. The fraction of sp³-hybridized carbons (Fsp3) is 0.846. The van der Waals surface area contributed by atoms with Gasteiger partial charge in [0, 0.05) is 18.6 Å². The van der Waals surface area contributed by atoms with Gasteiger partial charge in [-0.05, 0) is 34.6 Å². The Morgan fingerprint density at radius 3 is 2.11 bits per heavy atom. The molecule has 0 aromatic carbocycles. The Labute approximate surface area is 114 Å². The second-order valence-corrected chi connectivity index (χ2v) is 6.10. The molecule has 0 aromatic rings. The molecule has 19 heavy (non-hydrogen) atoms. The van der Waals surface area contributed by atoms with E-state index in [9.17, 15) is 9.59 Å². The molecule has 0 saturated carbocycles. The van der Waals surface area contributed by atoms with Gasteiger partial charge in [0.2, 0.25) is 0 Å². The molecule has 2 amide bonds. The molecule has 1 aliphatic heterocycles. The summed E-state index contributed by atoms with van der Waals surface area (Å²) in [6.07, 6.45) is -0.0568. The fourth-order valence-electron chi connectivity index (χ4n) is 2.23. The number of carbonyl (C=O) groups is 2. The van der Waals surface area contributed by atoms with E-state index in [1.807, 2.05) is 34.6 Å².